The zero-order valence-corrected chi connectivity index (χ0v) is 18.2. The average Bonchev–Trinajstić information content (AvgIpc) is 3.43. The highest BCUT2D eigenvalue weighted by Gasteiger charge is 2.39. The van der Waals surface area contributed by atoms with Gasteiger partial charge in [0.15, 0.2) is 0 Å². The quantitative estimate of drug-likeness (QED) is 0.724. The Morgan fingerprint density at radius 2 is 2.03 bits per heavy atom. The Labute approximate surface area is 186 Å². The van der Waals surface area contributed by atoms with E-state index in [1.807, 2.05) is 11.0 Å². The van der Waals surface area contributed by atoms with E-state index in [1.165, 1.54) is 12.8 Å². The summed E-state index contributed by atoms with van der Waals surface area (Å²) in [6.07, 6.45) is 10.5. The Balaban J connectivity index is 1.52. The van der Waals surface area contributed by atoms with Crippen LogP contribution in [0.15, 0.2) is 42.4 Å². The maximum absolute atomic E-state index is 13.7. The van der Waals surface area contributed by atoms with E-state index in [-0.39, 0.29) is 18.4 Å². The van der Waals surface area contributed by atoms with Gasteiger partial charge in [0.25, 0.3) is 0 Å². The number of nitrogens with one attached hydrogen (secondary N) is 1. The lowest BCUT2D eigenvalue weighted by molar-refractivity contribution is -0.131. The minimum absolute atomic E-state index is 0.0545. The molecular weight excluding hydrogens is 419 g/mol. The van der Waals surface area contributed by atoms with Crippen LogP contribution in [-0.4, -0.2) is 45.3 Å². The number of hydrogen-bond acceptors (Lipinski definition) is 3. The first-order chi connectivity index (χ1) is 14.6. The number of nitrogens with zero attached hydrogens (tertiary/aromatic N) is 3. The predicted molar refractivity (Wildman–Crippen MR) is 119 cm³/mol. The predicted octanol–water partition coefficient (Wildman–Crippen LogP) is 5.00. The summed E-state index contributed by atoms with van der Waals surface area (Å²) >= 11 is 12.3. The number of likely N-dealkylation sites (tertiary alicyclic amines) is 1. The summed E-state index contributed by atoms with van der Waals surface area (Å²) in [5.74, 6) is 0.0839. The van der Waals surface area contributed by atoms with Gasteiger partial charge in [-0.1, -0.05) is 41.4 Å². The Hall–Kier alpha value is -2.08. The lowest BCUT2D eigenvalue weighted by atomic mass is 9.90. The van der Waals surface area contributed by atoms with Crippen LogP contribution >= 0.6 is 23.2 Å². The van der Waals surface area contributed by atoms with E-state index in [2.05, 4.69) is 27.0 Å². The van der Waals surface area contributed by atoms with E-state index in [9.17, 15) is 4.79 Å². The van der Waals surface area contributed by atoms with Crippen molar-refractivity contribution >= 4 is 34.7 Å². The van der Waals surface area contributed by atoms with Gasteiger partial charge in [0.2, 0.25) is 5.91 Å². The Kier molecular flexibility index (Phi) is 5.44. The van der Waals surface area contributed by atoms with E-state index >= 15 is 0 Å². The molecule has 30 heavy (non-hydrogen) atoms. The fourth-order valence-electron chi connectivity index (χ4n) is 4.82. The first-order valence-corrected chi connectivity index (χ1v) is 11.3. The van der Waals surface area contributed by atoms with Gasteiger partial charge in [0.05, 0.1) is 40.2 Å². The SMILES string of the molecule is O=C(Cc1ccc(Cl)c(Cl)c1)N1C2=C(C=CCC2)c2nc[nH]c2C1CN1CCCC1. The number of halogens is 2. The number of hydrogen-bond donors (Lipinski definition) is 1. The molecule has 1 amide bonds. The molecule has 3 heterocycles. The van der Waals surface area contributed by atoms with E-state index in [0.717, 1.165) is 60.7 Å². The number of fused-ring (bicyclic) bond motifs is 2. The fraction of sp³-hybridized carbons (Fsp3) is 0.391. The van der Waals surface area contributed by atoms with Crippen molar-refractivity contribution in [1.29, 1.82) is 0 Å². The third-order valence-electron chi connectivity index (χ3n) is 6.24. The third kappa shape index (κ3) is 3.59. The zero-order valence-electron chi connectivity index (χ0n) is 16.7. The second-order valence-corrected chi connectivity index (χ2v) is 8.99. The summed E-state index contributed by atoms with van der Waals surface area (Å²) in [7, 11) is 0. The second-order valence-electron chi connectivity index (χ2n) is 8.18. The van der Waals surface area contributed by atoms with Crippen molar-refractivity contribution in [2.24, 2.45) is 0 Å². The molecule has 0 radical (unpaired) electrons. The molecule has 7 heteroatoms. The monoisotopic (exact) mass is 442 g/mol. The van der Waals surface area contributed by atoms with Crippen LogP contribution in [0.5, 0.6) is 0 Å². The van der Waals surface area contributed by atoms with Crippen molar-refractivity contribution in [2.75, 3.05) is 19.6 Å². The van der Waals surface area contributed by atoms with Crippen LogP contribution in [-0.2, 0) is 11.2 Å². The number of aromatic amines is 1. The topological polar surface area (TPSA) is 52.2 Å². The maximum atomic E-state index is 13.7. The molecule has 2 aliphatic heterocycles. The van der Waals surface area contributed by atoms with Crippen LogP contribution in [0.2, 0.25) is 10.0 Å². The second kappa shape index (κ2) is 8.22. The highest BCUT2D eigenvalue weighted by atomic mass is 35.5. The molecule has 1 aromatic carbocycles. The van der Waals surface area contributed by atoms with Crippen molar-refractivity contribution in [3.8, 4) is 0 Å². The van der Waals surface area contributed by atoms with Crippen LogP contribution in [0, 0.1) is 0 Å². The van der Waals surface area contributed by atoms with Crippen molar-refractivity contribution < 1.29 is 4.79 Å². The number of rotatable bonds is 4. The van der Waals surface area contributed by atoms with Gasteiger partial charge < -0.3 is 14.8 Å². The molecule has 0 spiro atoms. The van der Waals surface area contributed by atoms with Crippen molar-refractivity contribution in [3.63, 3.8) is 0 Å². The lowest BCUT2D eigenvalue weighted by Crippen LogP contribution is -2.44. The zero-order chi connectivity index (χ0) is 20.7. The standard InChI is InChI=1S/C23H24Cl2N4O/c24-17-8-7-15(11-18(17)25)12-21(30)29-19-6-2-1-5-16(19)22-23(27-14-26-22)20(29)13-28-9-3-4-10-28/h1,5,7-8,11,14,20H,2-4,6,9-10,12-13H2,(H,26,27). The number of amides is 1. The number of allylic oxidation sites excluding steroid dienone is 4. The van der Waals surface area contributed by atoms with Gasteiger partial charge in [-0.05, 0) is 56.5 Å². The molecular formula is C23H24Cl2N4O. The number of benzene rings is 1. The summed E-state index contributed by atoms with van der Waals surface area (Å²) in [6, 6.07) is 5.37. The smallest absolute Gasteiger partial charge is 0.231 e. The summed E-state index contributed by atoms with van der Waals surface area (Å²) in [4.78, 5) is 26.1. The van der Waals surface area contributed by atoms with Gasteiger partial charge >= 0.3 is 0 Å². The molecule has 2 aromatic rings. The average molecular weight is 443 g/mol. The minimum Gasteiger partial charge on any atom is -0.346 e. The molecule has 0 bridgehead atoms. The molecule has 0 saturated carbocycles. The van der Waals surface area contributed by atoms with Crippen LogP contribution < -0.4 is 0 Å². The summed E-state index contributed by atoms with van der Waals surface area (Å²) in [6.45, 7) is 2.99. The molecule has 5 nitrogen and oxygen atoms in total. The Bertz CT molecular complexity index is 1040. The van der Waals surface area contributed by atoms with Crippen molar-refractivity contribution in [2.45, 2.75) is 38.1 Å². The molecule has 1 aromatic heterocycles. The van der Waals surface area contributed by atoms with Gasteiger partial charge in [-0.15, -0.1) is 0 Å². The molecule has 5 rings (SSSR count). The number of carbonyl (C=O) groups excluding carboxylic acids is 1. The molecule has 1 unspecified atom stereocenters. The van der Waals surface area contributed by atoms with Gasteiger partial charge in [-0.3, -0.25) is 4.79 Å². The van der Waals surface area contributed by atoms with Crippen LogP contribution in [0.4, 0.5) is 0 Å². The summed E-state index contributed by atoms with van der Waals surface area (Å²) < 4.78 is 0. The van der Waals surface area contributed by atoms with Gasteiger partial charge in [-0.25, -0.2) is 4.98 Å². The lowest BCUT2D eigenvalue weighted by Gasteiger charge is -2.40. The number of imidazole rings is 1. The molecule has 156 valence electrons. The molecule has 3 aliphatic rings. The van der Waals surface area contributed by atoms with Crippen LogP contribution in [0.25, 0.3) is 5.57 Å². The summed E-state index contributed by atoms with van der Waals surface area (Å²) in [5.41, 5.74) is 5.06. The third-order valence-corrected chi connectivity index (χ3v) is 6.98. The maximum Gasteiger partial charge on any atom is 0.231 e. The van der Waals surface area contributed by atoms with Gasteiger partial charge in [0, 0.05) is 17.8 Å². The van der Waals surface area contributed by atoms with Gasteiger partial charge in [0.1, 0.15) is 0 Å². The normalized spacial score (nSPS) is 21.1. The largest absolute Gasteiger partial charge is 0.346 e. The number of carbonyl (C=O) groups is 1. The van der Waals surface area contributed by atoms with E-state index in [1.54, 1.807) is 18.5 Å². The molecule has 1 N–H and O–H groups in total. The first-order valence-electron chi connectivity index (χ1n) is 10.5. The highest BCUT2D eigenvalue weighted by Crippen LogP contribution is 2.42. The summed E-state index contributed by atoms with van der Waals surface area (Å²) in [5, 5.41) is 0.979. The highest BCUT2D eigenvalue weighted by molar-refractivity contribution is 6.42. The number of aromatic nitrogens is 2. The molecule has 1 atom stereocenters. The molecule has 1 aliphatic carbocycles. The Morgan fingerprint density at radius 3 is 2.83 bits per heavy atom. The number of H-pyrrole nitrogens is 1. The van der Waals surface area contributed by atoms with Crippen LogP contribution in [0.3, 0.4) is 0 Å². The van der Waals surface area contributed by atoms with Crippen molar-refractivity contribution in [1.82, 2.24) is 19.8 Å². The first kappa shape index (κ1) is 19.9. The van der Waals surface area contributed by atoms with E-state index in [0.29, 0.717) is 10.0 Å². The van der Waals surface area contributed by atoms with E-state index in [4.69, 9.17) is 23.2 Å². The van der Waals surface area contributed by atoms with E-state index < -0.39 is 0 Å². The minimum atomic E-state index is -0.0545. The molecule has 1 saturated heterocycles. The van der Waals surface area contributed by atoms with Crippen LogP contribution in [0.1, 0.15) is 48.7 Å². The Morgan fingerprint density at radius 1 is 1.20 bits per heavy atom. The van der Waals surface area contributed by atoms with Gasteiger partial charge in [-0.2, -0.15) is 0 Å². The fourth-order valence-corrected chi connectivity index (χ4v) is 5.15. The van der Waals surface area contributed by atoms with Crippen molar-refractivity contribution in [3.05, 3.63) is 69.4 Å². The molecule has 1 fully saturated rings.